The molecule has 108 valence electrons. The SMILES string of the molecule is COS(=O)(=O)C1CC(F)(F)CCC(F)(F)C1(F)F. The van der Waals surface area contributed by atoms with E-state index < -0.39 is 52.4 Å². The van der Waals surface area contributed by atoms with Crippen LogP contribution >= 0.6 is 0 Å². The van der Waals surface area contributed by atoms with E-state index >= 15 is 0 Å². The molecule has 18 heavy (non-hydrogen) atoms. The average molecular weight is 300 g/mol. The Morgan fingerprint density at radius 3 is 2.00 bits per heavy atom. The summed E-state index contributed by atoms with van der Waals surface area (Å²) in [5, 5.41) is -3.28. The first kappa shape index (κ1) is 15.5. The molecule has 0 radical (unpaired) electrons. The van der Waals surface area contributed by atoms with Crippen molar-refractivity contribution in [3.05, 3.63) is 0 Å². The summed E-state index contributed by atoms with van der Waals surface area (Å²) in [5.74, 6) is -13.9. The van der Waals surface area contributed by atoms with Crippen molar-refractivity contribution in [3.8, 4) is 0 Å². The highest BCUT2D eigenvalue weighted by molar-refractivity contribution is 7.87. The Labute approximate surface area is 99.2 Å². The van der Waals surface area contributed by atoms with Crippen LogP contribution in [-0.2, 0) is 14.3 Å². The first-order valence-corrected chi connectivity index (χ1v) is 6.26. The average Bonchev–Trinajstić information content (AvgIpc) is 2.28. The number of hydrogen-bond acceptors (Lipinski definition) is 3. The van der Waals surface area contributed by atoms with Gasteiger partial charge in [-0.25, -0.2) is 8.78 Å². The Kier molecular flexibility index (Phi) is 3.68. The minimum absolute atomic E-state index is 0.451. The lowest BCUT2D eigenvalue weighted by Crippen LogP contribution is -2.52. The maximum atomic E-state index is 13.4. The summed E-state index contributed by atoms with van der Waals surface area (Å²) in [4.78, 5) is 0. The smallest absolute Gasteiger partial charge is 0.273 e. The van der Waals surface area contributed by atoms with Crippen LogP contribution in [0.5, 0.6) is 0 Å². The summed E-state index contributed by atoms with van der Waals surface area (Å²) in [6.07, 6.45) is -5.19. The molecule has 1 saturated carbocycles. The summed E-state index contributed by atoms with van der Waals surface area (Å²) >= 11 is 0. The number of rotatable bonds is 2. The number of hydrogen-bond donors (Lipinski definition) is 0. The third-order valence-corrected chi connectivity index (χ3v) is 4.39. The molecule has 10 heteroatoms. The van der Waals surface area contributed by atoms with E-state index in [2.05, 4.69) is 4.18 Å². The minimum atomic E-state index is -5.20. The Balaban J connectivity index is 3.34. The zero-order valence-electron chi connectivity index (χ0n) is 9.10. The van der Waals surface area contributed by atoms with E-state index in [9.17, 15) is 34.8 Å². The van der Waals surface area contributed by atoms with E-state index in [1.807, 2.05) is 0 Å². The fourth-order valence-electron chi connectivity index (χ4n) is 1.64. The maximum Gasteiger partial charge on any atom is 0.329 e. The van der Waals surface area contributed by atoms with Gasteiger partial charge in [0.2, 0.25) is 5.92 Å². The van der Waals surface area contributed by atoms with Crippen molar-refractivity contribution < 1.29 is 38.9 Å². The second-order valence-corrected chi connectivity index (χ2v) is 5.92. The zero-order valence-corrected chi connectivity index (χ0v) is 9.92. The number of alkyl halides is 6. The van der Waals surface area contributed by atoms with Gasteiger partial charge in [-0.3, -0.25) is 4.18 Å². The normalized spacial score (nSPS) is 30.7. The van der Waals surface area contributed by atoms with Crippen molar-refractivity contribution in [1.29, 1.82) is 0 Å². The molecule has 1 unspecified atom stereocenters. The van der Waals surface area contributed by atoms with Crippen LogP contribution < -0.4 is 0 Å². The lowest BCUT2D eigenvalue weighted by molar-refractivity contribution is -0.208. The van der Waals surface area contributed by atoms with Crippen molar-refractivity contribution in [2.45, 2.75) is 42.3 Å². The monoisotopic (exact) mass is 300 g/mol. The molecule has 1 rings (SSSR count). The molecular weight excluding hydrogens is 290 g/mol. The van der Waals surface area contributed by atoms with Gasteiger partial charge in [-0.05, 0) is 0 Å². The highest BCUT2D eigenvalue weighted by Gasteiger charge is 2.68. The third-order valence-electron chi connectivity index (χ3n) is 2.76. The van der Waals surface area contributed by atoms with Crippen LogP contribution in [0.4, 0.5) is 26.3 Å². The Morgan fingerprint density at radius 2 is 1.56 bits per heavy atom. The molecule has 0 spiro atoms. The lowest BCUT2D eigenvalue weighted by atomic mass is 10.1. The lowest BCUT2D eigenvalue weighted by Gasteiger charge is -2.29. The summed E-state index contributed by atoms with van der Waals surface area (Å²) in [5.41, 5.74) is 0. The predicted molar refractivity (Wildman–Crippen MR) is 48.4 cm³/mol. The van der Waals surface area contributed by atoms with Gasteiger partial charge in [-0.1, -0.05) is 0 Å². The Morgan fingerprint density at radius 1 is 1.06 bits per heavy atom. The quantitative estimate of drug-likeness (QED) is 0.447. The van der Waals surface area contributed by atoms with Crippen molar-refractivity contribution in [2.24, 2.45) is 0 Å². The van der Waals surface area contributed by atoms with Crippen molar-refractivity contribution in [3.63, 3.8) is 0 Å². The molecule has 1 fully saturated rings. The third kappa shape index (κ3) is 2.58. The first-order valence-electron chi connectivity index (χ1n) is 4.79. The molecule has 1 aliphatic rings. The Hall–Kier alpha value is -0.510. The molecule has 1 atom stereocenters. The van der Waals surface area contributed by atoms with Crippen molar-refractivity contribution in [1.82, 2.24) is 0 Å². The molecule has 0 aromatic rings. The summed E-state index contributed by atoms with van der Waals surface area (Å²) in [7, 11) is -4.75. The van der Waals surface area contributed by atoms with Gasteiger partial charge in [0.05, 0.1) is 7.11 Å². The van der Waals surface area contributed by atoms with Crippen LogP contribution in [0.25, 0.3) is 0 Å². The van der Waals surface area contributed by atoms with Gasteiger partial charge in [0.1, 0.15) is 0 Å². The fraction of sp³-hybridized carbons (Fsp3) is 1.00. The van der Waals surface area contributed by atoms with Crippen LogP contribution in [0.3, 0.4) is 0 Å². The van der Waals surface area contributed by atoms with Gasteiger partial charge in [-0.15, -0.1) is 0 Å². The maximum absolute atomic E-state index is 13.4. The minimum Gasteiger partial charge on any atom is -0.273 e. The van der Waals surface area contributed by atoms with Gasteiger partial charge in [-0.2, -0.15) is 26.0 Å². The second-order valence-electron chi connectivity index (χ2n) is 4.04. The van der Waals surface area contributed by atoms with Crippen LogP contribution in [0.1, 0.15) is 19.3 Å². The fourth-order valence-corrected chi connectivity index (χ4v) is 2.86. The molecule has 0 aliphatic heterocycles. The van der Waals surface area contributed by atoms with Gasteiger partial charge < -0.3 is 0 Å². The van der Waals surface area contributed by atoms with Gasteiger partial charge in [0, 0.05) is 19.3 Å². The molecular formula is C8H10F6O3S. The largest absolute Gasteiger partial charge is 0.329 e. The molecule has 0 heterocycles. The van der Waals surface area contributed by atoms with Crippen molar-refractivity contribution in [2.75, 3.05) is 7.11 Å². The van der Waals surface area contributed by atoms with Crippen LogP contribution in [0.2, 0.25) is 0 Å². The zero-order chi connectivity index (χ0) is 14.4. The highest BCUT2D eigenvalue weighted by atomic mass is 32.2. The van der Waals surface area contributed by atoms with Crippen LogP contribution in [0, 0.1) is 0 Å². The highest BCUT2D eigenvalue weighted by Crippen LogP contribution is 2.50. The summed E-state index contributed by atoms with van der Waals surface area (Å²) in [6, 6.07) is 0. The van der Waals surface area contributed by atoms with E-state index in [-0.39, 0.29) is 0 Å². The van der Waals surface area contributed by atoms with E-state index in [4.69, 9.17) is 0 Å². The summed E-state index contributed by atoms with van der Waals surface area (Å²) in [6.45, 7) is 0. The number of halogens is 6. The van der Waals surface area contributed by atoms with E-state index in [1.165, 1.54) is 0 Å². The standard InChI is InChI=1S/C8H10F6O3S/c1-17-18(15,16)5-4-6(9,10)2-3-7(11,12)8(5,13)14/h5H,2-4H2,1H3. The molecule has 0 amide bonds. The summed E-state index contributed by atoms with van der Waals surface area (Å²) < 4.78 is 105. The molecule has 0 saturated heterocycles. The van der Waals surface area contributed by atoms with E-state index in [1.54, 1.807) is 0 Å². The molecule has 0 bridgehead atoms. The molecule has 0 aromatic carbocycles. The first-order chi connectivity index (χ1) is 7.86. The Bertz CT molecular complexity index is 419. The van der Waals surface area contributed by atoms with E-state index in [0.29, 0.717) is 7.11 Å². The molecule has 0 N–H and O–H groups in total. The second kappa shape index (κ2) is 4.26. The van der Waals surface area contributed by atoms with Gasteiger partial charge >= 0.3 is 11.8 Å². The predicted octanol–water partition coefficient (Wildman–Crippen LogP) is 2.42. The van der Waals surface area contributed by atoms with Crippen molar-refractivity contribution >= 4 is 10.1 Å². The van der Waals surface area contributed by atoms with Gasteiger partial charge in [0.25, 0.3) is 10.1 Å². The van der Waals surface area contributed by atoms with Crippen LogP contribution in [0.15, 0.2) is 0 Å². The molecule has 0 aromatic heterocycles. The molecule has 1 aliphatic carbocycles. The van der Waals surface area contributed by atoms with Crippen LogP contribution in [-0.4, -0.2) is 38.5 Å². The molecule has 3 nitrogen and oxygen atoms in total. The topological polar surface area (TPSA) is 43.4 Å². The van der Waals surface area contributed by atoms with E-state index in [0.717, 1.165) is 0 Å². The van der Waals surface area contributed by atoms with Gasteiger partial charge in [0.15, 0.2) is 5.25 Å².